The van der Waals surface area contributed by atoms with Gasteiger partial charge in [0.15, 0.2) is 6.04 Å². The number of phenolic OH excluding ortho intramolecular Hbond substituents is 1. The Bertz CT molecular complexity index is 583. The van der Waals surface area contributed by atoms with Crippen LogP contribution < -0.4 is 5.32 Å². The van der Waals surface area contributed by atoms with Gasteiger partial charge >= 0.3 is 5.97 Å². The Morgan fingerprint density at radius 3 is 2.42 bits per heavy atom. The van der Waals surface area contributed by atoms with E-state index in [1.54, 1.807) is 36.4 Å². The molecule has 2 aromatic rings. The van der Waals surface area contributed by atoms with Gasteiger partial charge in [0.1, 0.15) is 5.75 Å². The van der Waals surface area contributed by atoms with Crippen molar-refractivity contribution < 1.29 is 15.0 Å². The van der Waals surface area contributed by atoms with Gasteiger partial charge in [-0.05, 0) is 42.0 Å². The number of aliphatic carboxylic acids is 1. The smallest absolute Gasteiger partial charge is 0.330 e. The molecule has 19 heavy (non-hydrogen) atoms. The summed E-state index contributed by atoms with van der Waals surface area (Å²) < 4.78 is 0. The molecule has 4 nitrogen and oxygen atoms in total. The first-order valence-electron chi connectivity index (χ1n) is 5.60. The van der Waals surface area contributed by atoms with E-state index in [1.807, 2.05) is 0 Å². The number of hydrogen-bond donors (Lipinski definition) is 3. The predicted octanol–water partition coefficient (Wildman–Crippen LogP) is 3.28. The maximum absolute atomic E-state index is 11.3. The normalized spacial score (nSPS) is 11.8. The molecule has 0 aliphatic rings. The van der Waals surface area contributed by atoms with Crippen LogP contribution in [0.1, 0.15) is 11.6 Å². The molecule has 1 unspecified atom stereocenters. The van der Waals surface area contributed by atoms with E-state index in [1.165, 1.54) is 12.1 Å². The summed E-state index contributed by atoms with van der Waals surface area (Å²) in [5.41, 5.74) is 1.11. The number of carboxylic acids is 1. The molecule has 2 aromatic carbocycles. The Labute approximate surface area is 115 Å². The molecule has 0 aliphatic carbocycles. The largest absolute Gasteiger partial charge is 0.508 e. The lowest BCUT2D eigenvalue weighted by molar-refractivity contribution is -0.138. The van der Waals surface area contributed by atoms with Crippen LogP contribution in [0, 0.1) is 0 Å². The summed E-state index contributed by atoms with van der Waals surface area (Å²) in [6, 6.07) is 11.9. The SMILES string of the molecule is O=C(O)C(Nc1ccc(Cl)cc1)c1cccc(O)c1. The van der Waals surface area contributed by atoms with Gasteiger partial charge in [-0.25, -0.2) is 4.79 Å². The van der Waals surface area contributed by atoms with Crippen molar-refractivity contribution in [3.05, 3.63) is 59.1 Å². The number of phenols is 1. The zero-order chi connectivity index (χ0) is 13.8. The number of benzene rings is 2. The molecule has 98 valence electrons. The first kappa shape index (κ1) is 13.2. The van der Waals surface area contributed by atoms with E-state index in [2.05, 4.69) is 5.32 Å². The Hall–Kier alpha value is -2.20. The molecule has 0 spiro atoms. The van der Waals surface area contributed by atoms with E-state index in [9.17, 15) is 15.0 Å². The molecule has 0 radical (unpaired) electrons. The highest BCUT2D eigenvalue weighted by molar-refractivity contribution is 6.30. The molecule has 0 heterocycles. The van der Waals surface area contributed by atoms with Gasteiger partial charge in [-0.1, -0.05) is 23.7 Å². The number of carbonyl (C=O) groups is 1. The third-order valence-corrected chi connectivity index (χ3v) is 2.86. The quantitative estimate of drug-likeness (QED) is 0.802. The first-order valence-corrected chi connectivity index (χ1v) is 5.98. The summed E-state index contributed by atoms with van der Waals surface area (Å²) in [5, 5.41) is 22.1. The van der Waals surface area contributed by atoms with Crippen molar-refractivity contribution in [1.82, 2.24) is 0 Å². The number of halogens is 1. The zero-order valence-electron chi connectivity index (χ0n) is 9.88. The number of nitrogens with one attached hydrogen (secondary N) is 1. The molecule has 0 aliphatic heterocycles. The molecule has 0 bridgehead atoms. The molecule has 0 saturated heterocycles. The first-order chi connectivity index (χ1) is 9.06. The van der Waals surface area contributed by atoms with Gasteiger partial charge < -0.3 is 15.5 Å². The third-order valence-electron chi connectivity index (χ3n) is 2.61. The van der Waals surface area contributed by atoms with E-state index in [0.717, 1.165) is 0 Å². The average Bonchev–Trinajstić information content (AvgIpc) is 2.37. The minimum absolute atomic E-state index is 0.0293. The van der Waals surface area contributed by atoms with Crippen LogP contribution in [0.25, 0.3) is 0 Å². The molecular weight excluding hydrogens is 266 g/mol. The van der Waals surface area contributed by atoms with E-state index in [-0.39, 0.29) is 5.75 Å². The fourth-order valence-corrected chi connectivity index (χ4v) is 1.83. The summed E-state index contributed by atoms with van der Waals surface area (Å²) in [5.74, 6) is -0.998. The Kier molecular flexibility index (Phi) is 3.92. The highest BCUT2D eigenvalue weighted by atomic mass is 35.5. The number of hydrogen-bond acceptors (Lipinski definition) is 3. The van der Waals surface area contributed by atoms with Gasteiger partial charge in [-0.3, -0.25) is 0 Å². The van der Waals surface area contributed by atoms with Crippen molar-refractivity contribution >= 4 is 23.3 Å². The summed E-state index contributed by atoms with van der Waals surface area (Å²) in [6.45, 7) is 0. The van der Waals surface area contributed by atoms with Gasteiger partial charge in [-0.15, -0.1) is 0 Å². The van der Waals surface area contributed by atoms with Crippen molar-refractivity contribution in [2.75, 3.05) is 5.32 Å². The molecule has 0 amide bonds. The van der Waals surface area contributed by atoms with Gasteiger partial charge in [0, 0.05) is 10.7 Å². The van der Waals surface area contributed by atoms with Crippen molar-refractivity contribution in [3.8, 4) is 5.75 Å². The van der Waals surface area contributed by atoms with Crippen molar-refractivity contribution in [1.29, 1.82) is 0 Å². The third kappa shape index (κ3) is 3.39. The minimum Gasteiger partial charge on any atom is -0.508 e. The Morgan fingerprint density at radius 1 is 1.16 bits per heavy atom. The van der Waals surface area contributed by atoms with Crippen LogP contribution in [0.3, 0.4) is 0 Å². The maximum atomic E-state index is 11.3. The van der Waals surface area contributed by atoms with Crippen LogP contribution in [0.2, 0.25) is 5.02 Å². The van der Waals surface area contributed by atoms with Crippen LogP contribution in [0.4, 0.5) is 5.69 Å². The van der Waals surface area contributed by atoms with Crippen molar-refractivity contribution in [2.24, 2.45) is 0 Å². The lowest BCUT2D eigenvalue weighted by Crippen LogP contribution is -2.20. The van der Waals surface area contributed by atoms with Crippen LogP contribution >= 0.6 is 11.6 Å². The highest BCUT2D eigenvalue weighted by Crippen LogP contribution is 2.23. The molecule has 2 rings (SSSR count). The van der Waals surface area contributed by atoms with Crippen LogP contribution in [0.15, 0.2) is 48.5 Å². The molecule has 0 saturated carbocycles. The van der Waals surface area contributed by atoms with E-state index >= 15 is 0 Å². The van der Waals surface area contributed by atoms with Crippen molar-refractivity contribution in [2.45, 2.75) is 6.04 Å². The Balaban J connectivity index is 2.26. The zero-order valence-corrected chi connectivity index (χ0v) is 10.6. The number of rotatable bonds is 4. The topological polar surface area (TPSA) is 69.6 Å². The molecule has 5 heteroatoms. The number of anilines is 1. The summed E-state index contributed by atoms with van der Waals surface area (Å²) >= 11 is 5.77. The molecule has 3 N–H and O–H groups in total. The van der Waals surface area contributed by atoms with Gasteiger partial charge in [0.25, 0.3) is 0 Å². The summed E-state index contributed by atoms with van der Waals surface area (Å²) in [6.07, 6.45) is 0. The predicted molar refractivity (Wildman–Crippen MR) is 73.6 cm³/mol. The second kappa shape index (κ2) is 5.63. The fourth-order valence-electron chi connectivity index (χ4n) is 1.70. The summed E-state index contributed by atoms with van der Waals surface area (Å²) in [7, 11) is 0. The van der Waals surface area contributed by atoms with E-state index in [0.29, 0.717) is 16.3 Å². The van der Waals surface area contributed by atoms with Gasteiger partial charge in [0.05, 0.1) is 0 Å². The van der Waals surface area contributed by atoms with Crippen LogP contribution in [-0.4, -0.2) is 16.2 Å². The lowest BCUT2D eigenvalue weighted by atomic mass is 10.1. The second-order valence-electron chi connectivity index (χ2n) is 4.02. The molecule has 0 fully saturated rings. The molecular formula is C14H12ClNO3. The van der Waals surface area contributed by atoms with Crippen LogP contribution in [0.5, 0.6) is 5.75 Å². The fraction of sp³-hybridized carbons (Fsp3) is 0.0714. The number of aromatic hydroxyl groups is 1. The molecule has 1 atom stereocenters. The Morgan fingerprint density at radius 2 is 1.84 bits per heavy atom. The average molecular weight is 278 g/mol. The number of carboxylic acid groups (broad SMARTS) is 1. The second-order valence-corrected chi connectivity index (χ2v) is 4.45. The van der Waals surface area contributed by atoms with E-state index < -0.39 is 12.0 Å². The minimum atomic E-state index is -1.03. The molecule has 0 aromatic heterocycles. The lowest BCUT2D eigenvalue weighted by Gasteiger charge is -2.16. The monoisotopic (exact) mass is 277 g/mol. The highest BCUT2D eigenvalue weighted by Gasteiger charge is 2.19. The standard InChI is InChI=1S/C14H12ClNO3/c15-10-4-6-11(7-5-10)16-13(14(18)19)9-2-1-3-12(17)8-9/h1-8,13,16-17H,(H,18,19). The van der Waals surface area contributed by atoms with Gasteiger partial charge in [-0.2, -0.15) is 0 Å². The maximum Gasteiger partial charge on any atom is 0.330 e. The van der Waals surface area contributed by atoms with Gasteiger partial charge in [0.2, 0.25) is 0 Å². The van der Waals surface area contributed by atoms with Crippen LogP contribution in [-0.2, 0) is 4.79 Å². The van der Waals surface area contributed by atoms with E-state index in [4.69, 9.17) is 11.6 Å². The summed E-state index contributed by atoms with van der Waals surface area (Å²) in [4.78, 5) is 11.3. The van der Waals surface area contributed by atoms with Crippen molar-refractivity contribution in [3.63, 3.8) is 0 Å².